The Hall–Kier alpha value is -0.130. The Morgan fingerprint density at radius 1 is 1.46 bits per heavy atom. The lowest BCUT2D eigenvalue weighted by molar-refractivity contribution is 0.0746. The molecule has 0 aliphatic carbocycles. The highest BCUT2D eigenvalue weighted by Gasteiger charge is 2.37. The highest BCUT2D eigenvalue weighted by Crippen LogP contribution is 2.20. The van der Waals surface area contributed by atoms with Crippen LogP contribution in [0.5, 0.6) is 0 Å². The first-order chi connectivity index (χ1) is 5.85. The second kappa shape index (κ2) is 3.55. The molecule has 1 aliphatic rings. The van der Waals surface area contributed by atoms with Gasteiger partial charge in [-0.2, -0.15) is 0 Å². The van der Waals surface area contributed by atoms with E-state index in [-0.39, 0.29) is 11.3 Å². The van der Waals surface area contributed by atoms with Gasteiger partial charge in [0.2, 0.25) is 0 Å². The average molecular weight is 206 g/mol. The number of rotatable bonds is 4. The SMILES string of the molecule is CCC1(N)CN(CCS(C)(=O)=O)C1. The number of sulfone groups is 1. The topological polar surface area (TPSA) is 63.4 Å². The predicted octanol–water partition coefficient (Wildman–Crippen LogP) is -0.546. The molecule has 0 spiro atoms. The summed E-state index contributed by atoms with van der Waals surface area (Å²) in [7, 11) is -2.82. The van der Waals surface area contributed by atoms with Crippen LogP contribution in [0, 0.1) is 0 Å². The maximum absolute atomic E-state index is 10.8. The van der Waals surface area contributed by atoms with Gasteiger partial charge in [-0.25, -0.2) is 8.42 Å². The Labute approximate surface area is 80.0 Å². The van der Waals surface area contributed by atoms with Crippen LogP contribution in [0.1, 0.15) is 13.3 Å². The quantitative estimate of drug-likeness (QED) is 0.670. The molecule has 1 aliphatic heterocycles. The van der Waals surface area contributed by atoms with Gasteiger partial charge in [-0.05, 0) is 6.42 Å². The molecule has 13 heavy (non-hydrogen) atoms. The van der Waals surface area contributed by atoms with E-state index in [0.717, 1.165) is 19.5 Å². The van der Waals surface area contributed by atoms with Crippen molar-refractivity contribution in [2.24, 2.45) is 5.73 Å². The van der Waals surface area contributed by atoms with Crippen LogP contribution in [0.3, 0.4) is 0 Å². The van der Waals surface area contributed by atoms with Crippen molar-refractivity contribution in [3.05, 3.63) is 0 Å². The van der Waals surface area contributed by atoms with Crippen LogP contribution in [0.25, 0.3) is 0 Å². The fourth-order valence-corrected chi connectivity index (χ4v) is 2.11. The summed E-state index contributed by atoms with van der Waals surface area (Å²) < 4.78 is 21.7. The third kappa shape index (κ3) is 3.25. The highest BCUT2D eigenvalue weighted by molar-refractivity contribution is 7.90. The largest absolute Gasteiger partial charge is 0.323 e. The fraction of sp³-hybridized carbons (Fsp3) is 1.00. The molecule has 0 aromatic heterocycles. The maximum atomic E-state index is 10.8. The van der Waals surface area contributed by atoms with Gasteiger partial charge in [0, 0.05) is 31.4 Å². The van der Waals surface area contributed by atoms with Crippen molar-refractivity contribution in [3.63, 3.8) is 0 Å². The van der Waals surface area contributed by atoms with Crippen molar-refractivity contribution in [1.29, 1.82) is 0 Å². The van der Waals surface area contributed by atoms with E-state index < -0.39 is 9.84 Å². The second-order valence-electron chi connectivity index (χ2n) is 4.06. The van der Waals surface area contributed by atoms with Gasteiger partial charge in [0.1, 0.15) is 9.84 Å². The zero-order chi connectivity index (χ0) is 10.1. The summed E-state index contributed by atoms with van der Waals surface area (Å²) in [5.41, 5.74) is 5.88. The number of hydrogen-bond acceptors (Lipinski definition) is 4. The number of nitrogens with two attached hydrogens (primary N) is 1. The third-order valence-electron chi connectivity index (χ3n) is 2.56. The van der Waals surface area contributed by atoms with Gasteiger partial charge in [-0.1, -0.05) is 6.92 Å². The fourth-order valence-electron chi connectivity index (χ4n) is 1.52. The maximum Gasteiger partial charge on any atom is 0.148 e. The van der Waals surface area contributed by atoms with Crippen molar-refractivity contribution in [2.75, 3.05) is 31.6 Å². The Balaban J connectivity index is 2.23. The molecule has 2 N–H and O–H groups in total. The van der Waals surface area contributed by atoms with Crippen molar-refractivity contribution >= 4 is 9.84 Å². The van der Waals surface area contributed by atoms with Crippen molar-refractivity contribution < 1.29 is 8.42 Å². The molecule has 1 rings (SSSR count). The van der Waals surface area contributed by atoms with Crippen LogP contribution >= 0.6 is 0 Å². The Bertz CT molecular complexity index is 268. The minimum atomic E-state index is -2.82. The normalized spacial score (nSPS) is 22.7. The standard InChI is InChI=1S/C8H18N2O2S/c1-3-8(9)6-10(7-8)4-5-13(2,11)12/h3-7,9H2,1-2H3. The zero-order valence-corrected chi connectivity index (χ0v) is 9.10. The molecule has 0 bridgehead atoms. The smallest absolute Gasteiger partial charge is 0.148 e. The summed E-state index contributed by atoms with van der Waals surface area (Å²) in [6, 6.07) is 0. The molecule has 0 atom stereocenters. The monoisotopic (exact) mass is 206 g/mol. The van der Waals surface area contributed by atoms with Gasteiger partial charge in [0.25, 0.3) is 0 Å². The molecule has 4 nitrogen and oxygen atoms in total. The van der Waals surface area contributed by atoms with E-state index in [1.807, 2.05) is 0 Å². The van der Waals surface area contributed by atoms with Gasteiger partial charge in [0.15, 0.2) is 0 Å². The lowest BCUT2D eigenvalue weighted by atomic mass is 9.88. The van der Waals surface area contributed by atoms with Gasteiger partial charge in [-0.3, -0.25) is 4.90 Å². The number of likely N-dealkylation sites (tertiary alicyclic amines) is 1. The molecule has 1 fully saturated rings. The summed E-state index contributed by atoms with van der Waals surface area (Å²) in [4.78, 5) is 2.09. The molecule has 78 valence electrons. The zero-order valence-electron chi connectivity index (χ0n) is 8.28. The van der Waals surface area contributed by atoms with Crippen molar-refractivity contribution in [1.82, 2.24) is 4.90 Å². The Kier molecular flexibility index (Phi) is 2.99. The van der Waals surface area contributed by atoms with E-state index in [1.54, 1.807) is 0 Å². The second-order valence-corrected chi connectivity index (χ2v) is 6.32. The van der Waals surface area contributed by atoms with Gasteiger partial charge in [-0.15, -0.1) is 0 Å². The first-order valence-electron chi connectivity index (χ1n) is 4.54. The van der Waals surface area contributed by atoms with Crippen LogP contribution in [0.15, 0.2) is 0 Å². The van der Waals surface area contributed by atoms with Crippen LogP contribution in [0.2, 0.25) is 0 Å². The van der Waals surface area contributed by atoms with Crippen molar-refractivity contribution in [2.45, 2.75) is 18.9 Å². The summed E-state index contributed by atoms with van der Waals surface area (Å²) in [6.45, 7) is 4.35. The molecule has 0 aromatic rings. The third-order valence-corrected chi connectivity index (χ3v) is 3.48. The first kappa shape index (κ1) is 10.9. The molecule has 1 saturated heterocycles. The van der Waals surface area contributed by atoms with Gasteiger partial charge < -0.3 is 5.73 Å². The molecule has 0 unspecified atom stereocenters. The van der Waals surface area contributed by atoms with Crippen LogP contribution in [-0.4, -0.2) is 50.5 Å². The molecule has 0 aromatic carbocycles. The minimum Gasteiger partial charge on any atom is -0.323 e. The molecular weight excluding hydrogens is 188 g/mol. The molecule has 0 saturated carbocycles. The predicted molar refractivity (Wildman–Crippen MR) is 53.4 cm³/mol. The summed E-state index contributed by atoms with van der Waals surface area (Å²) in [5.74, 6) is 0.243. The van der Waals surface area contributed by atoms with E-state index in [0.29, 0.717) is 6.54 Å². The van der Waals surface area contributed by atoms with E-state index in [9.17, 15) is 8.42 Å². The molecule has 1 heterocycles. The van der Waals surface area contributed by atoms with E-state index >= 15 is 0 Å². The lowest BCUT2D eigenvalue weighted by Crippen LogP contribution is -2.67. The molecule has 0 amide bonds. The van der Waals surface area contributed by atoms with E-state index in [2.05, 4.69) is 11.8 Å². The summed E-state index contributed by atoms with van der Waals surface area (Å²) in [6.07, 6.45) is 2.23. The Morgan fingerprint density at radius 2 is 2.00 bits per heavy atom. The highest BCUT2D eigenvalue weighted by atomic mass is 32.2. The summed E-state index contributed by atoms with van der Waals surface area (Å²) in [5, 5.41) is 0. The van der Waals surface area contributed by atoms with Crippen molar-refractivity contribution in [3.8, 4) is 0 Å². The van der Waals surface area contributed by atoms with E-state index in [1.165, 1.54) is 6.26 Å². The van der Waals surface area contributed by atoms with E-state index in [4.69, 9.17) is 5.73 Å². The lowest BCUT2D eigenvalue weighted by Gasteiger charge is -2.47. The summed E-state index contributed by atoms with van der Waals surface area (Å²) >= 11 is 0. The number of hydrogen-bond donors (Lipinski definition) is 1. The number of nitrogens with zero attached hydrogens (tertiary/aromatic N) is 1. The first-order valence-corrected chi connectivity index (χ1v) is 6.60. The molecule has 5 heteroatoms. The van der Waals surface area contributed by atoms with Gasteiger partial charge in [0.05, 0.1) is 5.75 Å². The van der Waals surface area contributed by atoms with Crippen LogP contribution < -0.4 is 5.73 Å². The molecule has 0 radical (unpaired) electrons. The Morgan fingerprint density at radius 3 is 2.38 bits per heavy atom. The molecular formula is C8H18N2O2S. The van der Waals surface area contributed by atoms with Crippen LogP contribution in [-0.2, 0) is 9.84 Å². The average Bonchev–Trinajstić information content (AvgIpc) is 1.94. The minimum absolute atomic E-state index is 0.0580. The van der Waals surface area contributed by atoms with Crippen LogP contribution in [0.4, 0.5) is 0 Å². The van der Waals surface area contributed by atoms with Gasteiger partial charge >= 0.3 is 0 Å².